The van der Waals surface area contributed by atoms with Gasteiger partial charge in [-0.15, -0.1) is 0 Å². The molecule has 1 amide bonds. The molecule has 2 fully saturated rings. The van der Waals surface area contributed by atoms with Crippen LogP contribution in [0.1, 0.15) is 25.0 Å². The molecule has 2 aliphatic rings. The fourth-order valence-corrected chi connectivity index (χ4v) is 3.46. The Labute approximate surface area is 150 Å². The van der Waals surface area contributed by atoms with Crippen molar-refractivity contribution in [2.75, 3.05) is 52.9 Å². The van der Waals surface area contributed by atoms with Gasteiger partial charge in [-0.05, 0) is 32.0 Å². The lowest BCUT2D eigenvalue weighted by atomic mass is 10.2. The van der Waals surface area contributed by atoms with Gasteiger partial charge < -0.3 is 19.4 Å². The molecule has 0 spiro atoms. The Hall–Kier alpha value is -1.50. The lowest BCUT2D eigenvalue weighted by Gasteiger charge is -2.33. The van der Waals surface area contributed by atoms with Crippen molar-refractivity contribution in [3.63, 3.8) is 0 Å². The Balaban J connectivity index is 1.54. The minimum absolute atomic E-state index is 0.177. The number of rotatable bonds is 7. The number of carbonyl (C=O) groups is 1. The van der Waals surface area contributed by atoms with Crippen LogP contribution in [0.4, 0.5) is 0 Å². The largest absolute Gasteiger partial charge is 0.376 e. The van der Waals surface area contributed by atoms with Gasteiger partial charge in [-0.3, -0.25) is 9.78 Å². The number of amides is 1. The first-order chi connectivity index (χ1) is 12.2. The van der Waals surface area contributed by atoms with Gasteiger partial charge in [-0.1, -0.05) is 6.07 Å². The molecule has 1 unspecified atom stereocenters. The number of nitrogens with zero attached hydrogens (tertiary/aromatic N) is 4. The van der Waals surface area contributed by atoms with Crippen LogP contribution in [0.15, 0.2) is 24.4 Å². The zero-order chi connectivity index (χ0) is 17.5. The SMILES string of the molecule is CN1CCN(CCC(=O)N(Cc2ccccn2)CC2CCCO2)CC1. The van der Waals surface area contributed by atoms with Crippen molar-refractivity contribution in [1.29, 1.82) is 0 Å². The van der Waals surface area contributed by atoms with Crippen molar-refractivity contribution < 1.29 is 9.53 Å². The number of aromatic nitrogens is 1. The Bertz CT molecular complexity index is 525. The molecule has 0 aliphatic carbocycles. The van der Waals surface area contributed by atoms with Crippen LogP contribution in [0.25, 0.3) is 0 Å². The first kappa shape index (κ1) is 18.3. The van der Waals surface area contributed by atoms with Crippen molar-refractivity contribution in [3.05, 3.63) is 30.1 Å². The van der Waals surface area contributed by atoms with Crippen LogP contribution in [0, 0.1) is 0 Å². The molecule has 2 saturated heterocycles. The first-order valence-corrected chi connectivity index (χ1v) is 9.41. The summed E-state index contributed by atoms with van der Waals surface area (Å²) in [5.41, 5.74) is 0.938. The van der Waals surface area contributed by atoms with Gasteiger partial charge >= 0.3 is 0 Å². The molecule has 3 rings (SSSR count). The van der Waals surface area contributed by atoms with E-state index in [4.69, 9.17) is 4.74 Å². The van der Waals surface area contributed by atoms with Gasteiger partial charge in [0.15, 0.2) is 0 Å². The number of hydrogen-bond donors (Lipinski definition) is 0. The second-order valence-corrected chi connectivity index (χ2v) is 7.13. The van der Waals surface area contributed by atoms with E-state index < -0.39 is 0 Å². The molecule has 6 nitrogen and oxygen atoms in total. The maximum Gasteiger partial charge on any atom is 0.224 e. The average molecular weight is 346 g/mol. The van der Waals surface area contributed by atoms with Gasteiger partial charge in [0.05, 0.1) is 18.3 Å². The summed E-state index contributed by atoms with van der Waals surface area (Å²) in [5.74, 6) is 0.208. The van der Waals surface area contributed by atoms with Crippen LogP contribution in [0.2, 0.25) is 0 Å². The molecule has 0 N–H and O–H groups in total. The highest BCUT2D eigenvalue weighted by Gasteiger charge is 2.24. The van der Waals surface area contributed by atoms with E-state index in [1.54, 1.807) is 6.20 Å². The second-order valence-electron chi connectivity index (χ2n) is 7.13. The highest BCUT2D eigenvalue weighted by atomic mass is 16.5. The molecular weight excluding hydrogens is 316 g/mol. The van der Waals surface area contributed by atoms with Crippen LogP contribution >= 0.6 is 0 Å². The number of hydrogen-bond acceptors (Lipinski definition) is 5. The van der Waals surface area contributed by atoms with E-state index >= 15 is 0 Å². The zero-order valence-corrected chi connectivity index (χ0v) is 15.3. The van der Waals surface area contributed by atoms with Gasteiger partial charge in [-0.2, -0.15) is 0 Å². The van der Waals surface area contributed by atoms with E-state index in [2.05, 4.69) is 21.8 Å². The molecule has 2 aliphatic heterocycles. The molecule has 0 aromatic carbocycles. The Kier molecular flexibility index (Phi) is 6.78. The first-order valence-electron chi connectivity index (χ1n) is 9.41. The van der Waals surface area contributed by atoms with Crippen LogP contribution < -0.4 is 0 Å². The maximum atomic E-state index is 12.8. The molecule has 1 aromatic heterocycles. The van der Waals surface area contributed by atoms with Gasteiger partial charge in [-0.25, -0.2) is 0 Å². The molecule has 138 valence electrons. The number of ether oxygens (including phenoxy) is 1. The molecule has 1 aromatic rings. The molecule has 0 radical (unpaired) electrons. The van der Waals surface area contributed by atoms with Crippen LogP contribution in [-0.2, 0) is 16.1 Å². The number of piperazine rings is 1. The van der Waals surface area contributed by atoms with Crippen molar-refractivity contribution in [3.8, 4) is 0 Å². The Morgan fingerprint density at radius 1 is 1.32 bits per heavy atom. The van der Waals surface area contributed by atoms with E-state index in [1.807, 2.05) is 23.1 Å². The normalized spacial score (nSPS) is 22.2. The summed E-state index contributed by atoms with van der Waals surface area (Å²) in [6, 6.07) is 5.86. The summed E-state index contributed by atoms with van der Waals surface area (Å²) >= 11 is 0. The van der Waals surface area contributed by atoms with Gasteiger partial charge in [0.25, 0.3) is 0 Å². The van der Waals surface area contributed by atoms with Gasteiger partial charge in [0, 0.05) is 58.5 Å². The third-order valence-corrected chi connectivity index (χ3v) is 5.12. The van der Waals surface area contributed by atoms with Gasteiger partial charge in [0.1, 0.15) is 0 Å². The number of likely N-dealkylation sites (N-methyl/N-ethyl adjacent to an activating group) is 1. The predicted molar refractivity (Wildman–Crippen MR) is 97.2 cm³/mol. The maximum absolute atomic E-state index is 12.8. The van der Waals surface area contributed by atoms with E-state index in [9.17, 15) is 4.79 Å². The number of pyridine rings is 1. The third kappa shape index (κ3) is 5.76. The smallest absolute Gasteiger partial charge is 0.224 e. The summed E-state index contributed by atoms with van der Waals surface area (Å²) in [6.45, 7) is 7.18. The summed E-state index contributed by atoms with van der Waals surface area (Å²) in [6.07, 6.45) is 4.68. The quantitative estimate of drug-likeness (QED) is 0.743. The molecule has 0 bridgehead atoms. The standard InChI is InChI=1S/C19H30N4O2/c1-21-10-12-22(13-11-21)9-7-19(24)23(16-18-6-4-14-25-18)15-17-5-2-3-8-20-17/h2-3,5,8,18H,4,6-7,9-16H2,1H3. The zero-order valence-electron chi connectivity index (χ0n) is 15.3. The van der Waals surface area contributed by atoms with E-state index in [-0.39, 0.29) is 12.0 Å². The Morgan fingerprint density at radius 3 is 2.84 bits per heavy atom. The van der Waals surface area contributed by atoms with Crippen molar-refractivity contribution >= 4 is 5.91 Å². The highest BCUT2D eigenvalue weighted by Crippen LogP contribution is 2.15. The van der Waals surface area contributed by atoms with Crippen molar-refractivity contribution in [1.82, 2.24) is 19.7 Å². The molecule has 25 heavy (non-hydrogen) atoms. The third-order valence-electron chi connectivity index (χ3n) is 5.12. The molecular formula is C19H30N4O2. The topological polar surface area (TPSA) is 48.9 Å². The van der Waals surface area contributed by atoms with Crippen LogP contribution in [0.3, 0.4) is 0 Å². The molecule has 3 heterocycles. The fraction of sp³-hybridized carbons (Fsp3) is 0.684. The lowest BCUT2D eigenvalue weighted by Crippen LogP contribution is -2.46. The van der Waals surface area contributed by atoms with E-state index in [0.717, 1.165) is 57.9 Å². The summed E-state index contributed by atoms with van der Waals surface area (Å²) < 4.78 is 5.75. The predicted octanol–water partition coefficient (Wildman–Crippen LogP) is 1.23. The average Bonchev–Trinajstić information content (AvgIpc) is 3.14. The molecule has 0 saturated carbocycles. The lowest BCUT2D eigenvalue weighted by molar-refractivity contribution is -0.134. The van der Waals surface area contributed by atoms with Crippen molar-refractivity contribution in [2.24, 2.45) is 0 Å². The Morgan fingerprint density at radius 2 is 2.16 bits per heavy atom. The van der Waals surface area contributed by atoms with Crippen LogP contribution in [0.5, 0.6) is 0 Å². The minimum Gasteiger partial charge on any atom is -0.376 e. The monoisotopic (exact) mass is 346 g/mol. The minimum atomic E-state index is 0.177. The second kappa shape index (κ2) is 9.27. The van der Waals surface area contributed by atoms with Crippen molar-refractivity contribution in [2.45, 2.75) is 31.9 Å². The summed E-state index contributed by atoms with van der Waals surface area (Å²) in [4.78, 5) is 23.9. The fourth-order valence-electron chi connectivity index (χ4n) is 3.46. The molecule has 1 atom stereocenters. The van der Waals surface area contributed by atoms with Gasteiger partial charge in [0.2, 0.25) is 5.91 Å². The van der Waals surface area contributed by atoms with E-state index in [0.29, 0.717) is 19.5 Å². The number of carbonyl (C=O) groups excluding carboxylic acids is 1. The van der Waals surface area contributed by atoms with Crippen LogP contribution in [-0.4, -0.2) is 84.6 Å². The summed E-state index contributed by atoms with van der Waals surface area (Å²) in [5, 5.41) is 0. The molecule has 6 heteroatoms. The van der Waals surface area contributed by atoms with E-state index in [1.165, 1.54) is 0 Å². The summed E-state index contributed by atoms with van der Waals surface area (Å²) in [7, 11) is 2.15. The highest BCUT2D eigenvalue weighted by molar-refractivity contribution is 5.76.